The van der Waals surface area contributed by atoms with Gasteiger partial charge in [-0.15, -0.1) is 0 Å². The zero-order chi connectivity index (χ0) is 15.4. The van der Waals surface area contributed by atoms with E-state index in [0.717, 1.165) is 29.0 Å². The third-order valence-electron chi connectivity index (χ3n) is 2.48. The van der Waals surface area contributed by atoms with E-state index in [4.69, 9.17) is 0 Å². The molecule has 0 aromatic carbocycles. The number of rotatable bonds is 8. The molecule has 0 fully saturated rings. The van der Waals surface area contributed by atoms with Crippen molar-refractivity contribution in [3.8, 4) is 0 Å². The van der Waals surface area contributed by atoms with Gasteiger partial charge in [-0.25, -0.2) is 4.99 Å². The van der Waals surface area contributed by atoms with Crippen LogP contribution in [0.4, 0.5) is 0 Å². The number of allylic oxidation sites excluding steroid dienone is 10. The van der Waals surface area contributed by atoms with Crippen LogP contribution >= 0.6 is 0 Å². The van der Waals surface area contributed by atoms with E-state index in [1.54, 1.807) is 12.2 Å². The largest absolute Gasteiger partial charge is 0.249 e. The van der Waals surface area contributed by atoms with E-state index in [9.17, 15) is 0 Å². The number of nitrogens with zero attached hydrogens (tertiary/aromatic N) is 1. The topological polar surface area (TPSA) is 12.4 Å². The van der Waals surface area contributed by atoms with Crippen LogP contribution in [0.3, 0.4) is 0 Å². The lowest BCUT2D eigenvalue weighted by molar-refractivity contribution is 1.16. The van der Waals surface area contributed by atoms with Gasteiger partial charge in [0.25, 0.3) is 0 Å². The van der Waals surface area contributed by atoms with E-state index < -0.39 is 0 Å². The second-order valence-corrected chi connectivity index (χ2v) is 4.34. The molecule has 0 amide bonds. The molecule has 0 aliphatic carbocycles. The molecule has 106 valence electrons. The molecule has 0 unspecified atom stereocenters. The predicted octanol–water partition coefficient (Wildman–Crippen LogP) is 5.73. The molecule has 0 saturated heterocycles. The molecular formula is C19H25N. The van der Waals surface area contributed by atoms with E-state index >= 15 is 0 Å². The fourth-order valence-corrected chi connectivity index (χ4v) is 1.47. The summed E-state index contributed by atoms with van der Waals surface area (Å²) < 4.78 is 0. The summed E-state index contributed by atoms with van der Waals surface area (Å²) in [7, 11) is 0. The Bertz CT molecular complexity index is 494. The molecule has 1 nitrogen and oxygen atoms in total. The average Bonchev–Trinajstić information content (AvgIpc) is 2.41. The van der Waals surface area contributed by atoms with Gasteiger partial charge in [0.1, 0.15) is 0 Å². The lowest BCUT2D eigenvalue weighted by Gasteiger charge is -2.05. The van der Waals surface area contributed by atoms with Crippen molar-refractivity contribution in [1.82, 2.24) is 0 Å². The molecule has 20 heavy (non-hydrogen) atoms. The quantitative estimate of drug-likeness (QED) is 0.393. The van der Waals surface area contributed by atoms with Crippen LogP contribution in [0.5, 0.6) is 0 Å². The summed E-state index contributed by atoms with van der Waals surface area (Å²) in [5.74, 6) is 0. The molecule has 1 heteroatoms. The van der Waals surface area contributed by atoms with Crippen LogP contribution < -0.4 is 0 Å². The summed E-state index contributed by atoms with van der Waals surface area (Å²) >= 11 is 0. The Kier molecular flexibility index (Phi) is 9.59. The van der Waals surface area contributed by atoms with Gasteiger partial charge in [0, 0.05) is 0 Å². The molecule has 0 rings (SSSR count). The predicted molar refractivity (Wildman–Crippen MR) is 93.1 cm³/mol. The van der Waals surface area contributed by atoms with Crippen molar-refractivity contribution in [2.45, 2.75) is 27.2 Å². The second-order valence-electron chi connectivity index (χ2n) is 4.34. The van der Waals surface area contributed by atoms with Gasteiger partial charge in [0.05, 0.1) is 11.4 Å². The number of aliphatic imine (C=N–C) groups is 1. The Balaban J connectivity index is 5.47. The second kappa shape index (κ2) is 10.7. The standard InChI is InChI=1S/C19H25N/c1-7-10-11-12-15-18(16(4)5)20-19(14-9-3)17(6)13-8-2/h7,9-15H,1,3-4,8H2,2,5-6H3/b11-10+,15-12+,17-13+,19-14-,20-18-. The normalized spacial score (nSPS) is 14.1. The molecule has 0 aliphatic heterocycles. The molecule has 0 spiro atoms. The third-order valence-corrected chi connectivity index (χ3v) is 2.48. The first-order valence-corrected chi connectivity index (χ1v) is 6.77. The zero-order valence-electron chi connectivity index (χ0n) is 12.9. The molecule has 0 heterocycles. The van der Waals surface area contributed by atoms with Crippen LogP contribution in [-0.2, 0) is 0 Å². The maximum atomic E-state index is 4.67. The molecule has 0 N–H and O–H groups in total. The van der Waals surface area contributed by atoms with Gasteiger partial charge in [-0.05, 0) is 43.6 Å². The van der Waals surface area contributed by atoms with Gasteiger partial charge in [-0.1, -0.05) is 63.1 Å². The molecule has 0 aliphatic rings. The van der Waals surface area contributed by atoms with Crippen molar-refractivity contribution in [2.24, 2.45) is 4.99 Å². The van der Waals surface area contributed by atoms with Crippen molar-refractivity contribution >= 4 is 5.71 Å². The highest BCUT2D eigenvalue weighted by molar-refractivity contribution is 6.08. The first-order valence-electron chi connectivity index (χ1n) is 6.77. The SMILES string of the molecule is C=C/C=C(\N=C(\C=C\C=C\C=C)C(=C)C)C(/C)=C/CC. The molecule has 0 aromatic rings. The fourth-order valence-electron chi connectivity index (χ4n) is 1.47. The molecule has 0 aromatic heterocycles. The summed E-state index contributed by atoms with van der Waals surface area (Å²) in [6, 6.07) is 0. The van der Waals surface area contributed by atoms with E-state index in [2.05, 4.69) is 44.7 Å². The van der Waals surface area contributed by atoms with Gasteiger partial charge in [0.15, 0.2) is 0 Å². The summed E-state index contributed by atoms with van der Waals surface area (Å²) in [4.78, 5) is 4.67. The summed E-state index contributed by atoms with van der Waals surface area (Å²) in [6.07, 6.45) is 16.2. The number of hydrogen-bond donors (Lipinski definition) is 0. The molecule has 0 saturated carbocycles. The minimum atomic E-state index is 0.857. The Morgan fingerprint density at radius 2 is 1.75 bits per heavy atom. The third kappa shape index (κ3) is 7.32. The van der Waals surface area contributed by atoms with E-state index in [1.807, 2.05) is 37.3 Å². The van der Waals surface area contributed by atoms with Crippen LogP contribution in [0.25, 0.3) is 0 Å². The summed E-state index contributed by atoms with van der Waals surface area (Å²) in [5, 5.41) is 0. The van der Waals surface area contributed by atoms with E-state index in [-0.39, 0.29) is 0 Å². The summed E-state index contributed by atoms with van der Waals surface area (Å²) in [6.45, 7) is 17.5. The van der Waals surface area contributed by atoms with Crippen LogP contribution in [0.1, 0.15) is 27.2 Å². The van der Waals surface area contributed by atoms with Crippen LogP contribution in [0, 0.1) is 0 Å². The van der Waals surface area contributed by atoms with Gasteiger partial charge in [-0.3, -0.25) is 0 Å². The van der Waals surface area contributed by atoms with Crippen molar-refractivity contribution in [3.63, 3.8) is 0 Å². The Hall–Kier alpha value is -2.15. The van der Waals surface area contributed by atoms with Gasteiger partial charge >= 0.3 is 0 Å². The maximum Gasteiger partial charge on any atom is 0.0662 e. The Morgan fingerprint density at radius 1 is 1.05 bits per heavy atom. The van der Waals surface area contributed by atoms with Crippen molar-refractivity contribution < 1.29 is 0 Å². The van der Waals surface area contributed by atoms with E-state index in [1.165, 1.54) is 0 Å². The van der Waals surface area contributed by atoms with Gasteiger partial charge in [0.2, 0.25) is 0 Å². The highest BCUT2D eigenvalue weighted by Gasteiger charge is 2.00. The first kappa shape index (κ1) is 17.8. The van der Waals surface area contributed by atoms with Crippen molar-refractivity contribution in [2.75, 3.05) is 0 Å². The molecule has 0 atom stereocenters. The van der Waals surface area contributed by atoms with E-state index in [0.29, 0.717) is 0 Å². The Morgan fingerprint density at radius 3 is 2.25 bits per heavy atom. The highest BCUT2D eigenvalue weighted by Crippen LogP contribution is 2.14. The maximum absolute atomic E-state index is 4.67. The fraction of sp³-hybridized carbons (Fsp3) is 0.211. The lowest BCUT2D eigenvalue weighted by atomic mass is 10.1. The highest BCUT2D eigenvalue weighted by atomic mass is 14.8. The minimum absolute atomic E-state index is 0.857. The van der Waals surface area contributed by atoms with Crippen LogP contribution in [0.15, 0.2) is 90.2 Å². The van der Waals surface area contributed by atoms with Crippen molar-refractivity contribution in [3.05, 3.63) is 85.2 Å². The average molecular weight is 267 g/mol. The van der Waals surface area contributed by atoms with Gasteiger partial charge in [-0.2, -0.15) is 0 Å². The molecule has 0 radical (unpaired) electrons. The zero-order valence-corrected chi connectivity index (χ0v) is 12.9. The first-order chi connectivity index (χ1) is 9.56. The minimum Gasteiger partial charge on any atom is -0.249 e. The molecule has 0 bridgehead atoms. The van der Waals surface area contributed by atoms with Gasteiger partial charge < -0.3 is 0 Å². The lowest BCUT2D eigenvalue weighted by Crippen LogP contribution is -1.96. The summed E-state index contributed by atoms with van der Waals surface area (Å²) in [5.41, 5.74) is 3.83. The molecular weight excluding hydrogens is 242 g/mol. The monoisotopic (exact) mass is 267 g/mol. The smallest absolute Gasteiger partial charge is 0.0662 e. The van der Waals surface area contributed by atoms with Crippen LogP contribution in [0.2, 0.25) is 0 Å². The Labute approximate surface area is 123 Å². The number of hydrogen-bond acceptors (Lipinski definition) is 1. The van der Waals surface area contributed by atoms with Crippen LogP contribution in [-0.4, -0.2) is 5.71 Å². The van der Waals surface area contributed by atoms with Crippen molar-refractivity contribution in [1.29, 1.82) is 0 Å².